The number of aliphatic imine (C=N–C) groups is 1. The number of hydrogen-bond acceptors (Lipinski definition) is 6. The van der Waals surface area contributed by atoms with Crippen LogP contribution in [0.15, 0.2) is 65.3 Å². The topological polar surface area (TPSA) is 80.2 Å². The quantitative estimate of drug-likeness (QED) is 0.439. The van der Waals surface area contributed by atoms with E-state index in [0.29, 0.717) is 22.4 Å². The van der Waals surface area contributed by atoms with Crippen LogP contribution in [0.25, 0.3) is 6.08 Å². The normalized spacial score (nSPS) is 15.4. The van der Waals surface area contributed by atoms with E-state index in [1.807, 2.05) is 82.3 Å². The van der Waals surface area contributed by atoms with Gasteiger partial charge in [-0.1, -0.05) is 53.2 Å². The second-order valence-corrected chi connectivity index (χ2v) is 10.1. The second-order valence-electron chi connectivity index (χ2n) is 9.12. The van der Waals surface area contributed by atoms with Gasteiger partial charge in [0.1, 0.15) is 5.70 Å². The lowest BCUT2D eigenvalue weighted by atomic mass is 10.1. The summed E-state index contributed by atoms with van der Waals surface area (Å²) in [7, 11) is 0. The van der Waals surface area contributed by atoms with Gasteiger partial charge in [-0.2, -0.15) is 0 Å². The number of benzene rings is 3. The number of amides is 2. The Morgan fingerprint density at radius 3 is 2.41 bits per heavy atom. The van der Waals surface area contributed by atoms with E-state index in [2.05, 4.69) is 10.3 Å². The molecule has 2 amide bonds. The summed E-state index contributed by atoms with van der Waals surface area (Å²) in [5.74, 6) is 0.999. The van der Waals surface area contributed by atoms with Crippen LogP contribution in [0.3, 0.4) is 0 Å². The van der Waals surface area contributed by atoms with Crippen molar-refractivity contribution in [2.75, 3.05) is 22.8 Å². The van der Waals surface area contributed by atoms with Crippen LogP contribution < -0.4 is 19.7 Å². The molecule has 0 saturated carbocycles. The maximum Gasteiger partial charge on any atom is 0.283 e. The summed E-state index contributed by atoms with van der Waals surface area (Å²) in [6.45, 7) is 8.16. The van der Waals surface area contributed by atoms with Crippen molar-refractivity contribution in [2.45, 2.75) is 27.7 Å². The van der Waals surface area contributed by atoms with Gasteiger partial charge in [-0.25, -0.2) is 4.99 Å². The molecular weight excluding hydrogens is 486 g/mol. The van der Waals surface area contributed by atoms with Gasteiger partial charge in [-0.05, 0) is 74.7 Å². The Morgan fingerprint density at radius 2 is 1.68 bits per heavy atom. The third kappa shape index (κ3) is 5.24. The minimum absolute atomic E-state index is 0.110. The summed E-state index contributed by atoms with van der Waals surface area (Å²) in [6.07, 6.45) is 1.72. The molecule has 0 fully saturated rings. The Morgan fingerprint density at radius 1 is 0.973 bits per heavy atom. The number of aryl methyl sites for hydroxylation is 4. The van der Waals surface area contributed by atoms with E-state index >= 15 is 0 Å². The van der Waals surface area contributed by atoms with Gasteiger partial charge < -0.3 is 14.8 Å². The van der Waals surface area contributed by atoms with Crippen molar-refractivity contribution in [1.82, 2.24) is 0 Å². The van der Waals surface area contributed by atoms with Crippen LogP contribution in [-0.2, 0) is 9.59 Å². The number of ether oxygens (including phenoxy) is 2. The number of carbonyl (C=O) groups is 2. The van der Waals surface area contributed by atoms with Gasteiger partial charge in [-0.15, -0.1) is 0 Å². The highest BCUT2D eigenvalue weighted by molar-refractivity contribution is 8.14. The maximum absolute atomic E-state index is 13.5. The maximum atomic E-state index is 13.5. The zero-order valence-corrected chi connectivity index (χ0v) is 21.9. The first-order valence-corrected chi connectivity index (χ1v) is 12.9. The molecule has 3 aromatic rings. The predicted molar refractivity (Wildman–Crippen MR) is 148 cm³/mol. The molecule has 2 aliphatic rings. The highest BCUT2D eigenvalue weighted by Crippen LogP contribution is 2.35. The molecule has 188 valence electrons. The lowest BCUT2D eigenvalue weighted by molar-refractivity contribution is -0.114. The Labute approximate surface area is 220 Å². The third-order valence-corrected chi connectivity index (χ3v) is 7.03. The Balaban J connectivity index is 1.39. The van der Waals surface area contributed by atoms with Crippen LogP contribution in [0.4, 0.5) is 11.4 Å². The first-order valence-electron chi connectivity index (χ1n) is 11.9. The number of rotatable bonds is 5. The van der Waals surface area contributed by atoms with Gasteiger partial charge in [0.25, 0.3) is 5.91 Å². The molecule has 0 spiro atoms. The summed E-state index contributed by atoms with van der Waals surface area (Å²) in [5.41, 5.74) is 6.83. The van der Waals surface area contributed by atoms with E-state index in [9.17, 15) is 9.59 Å². The lowest BCUT2D eigenvalue weighted by Crippen LogP contribution is -2.31. The number of amidine groups is 1. The first-order chi connectivity index (χ1) is 17.8. The molecule has 0 unspecified atom stereocenters. The molecule has 0 saturated heterocycles. The first kappa shape index (κ1) is 24.6. The third-order valence-electron chi connectivity index (χ3n) is 6.10. The van der Waals surface area contributed by atoms with Crippen molar-refractivity contribution in [3.05, 3.63) is 88.1 Å². The van der Waals surface area contributed by atoms with Crippen LogP contribution in [0.2, 0.25) is 0 Å². The number of nitrogens with one attached hydrogen (secondary N) is 1. The number of fused-ring (bicyclic) bond motifs is 1. The molecule has 0 aromatic heterocycles. The van der Waals surface area contributed by atoms with Gasteiger partial charge in [0, 0.05) is 5.69 Å². The highest BCUT2D eigenvalue weighted by atomic mass is 32.2. The van der Waals surface area contributed by atoms with Crippen LogP contribution in [0, 0.1) is 27.7 Å². The van der Waals surface area contributed by atoms with Gasteiger partial charge in [0.05, 0.1) is 11.4 Å². The van der Waals surface area contributed by atoms with Crippen molar-refractivity contribution < 1.29 is 19.1 Å². The van der Waals surface area contributed by atoms with E-state index in [1.165, 1.54) is 11.8 Å². The van der Waals surface area contributed by atoms with E-state index < -0.39 is 0 Å². The number of carbonyl (C=O) groups excluding carboxylic acids is 2. The zero-order chi connectivity index (χ0) is 26.1. The van der Waals surface area contributed by atoms with E-state index in [1.54, 1.807) is 11.0 Å². The minimum atomic E-state index is -0.255. The van der Waals surface area contributed by atoms with Crippen LogP contribution in [0.5, 0.6) is 11.5 Å². The average molecular weight is 514 g/mol. The van der Waals surface area contributed by atoms with Crippen molar-refractivity contribution in [3.8, 4) is 11.5 Å². The second kappa shape index (κ2) is 10.1. The average Bonchev–Trinajstić information content (AvgIpc) is 3.44. The Hall–Kier alpha value is -4.04. The number of anilines is 2. The van der Waals surface area contributed by atoms with E-state index in [-0.39, 0.29) is 30.1 Å². The minimum Gasteiger partial charge on any atom is -0.454 e. The summed E-state index contributed by atoms with van der Waals surface area (Å²) >= 11 is 1.23. The molecule has 0 aliphatic carbocycles. The highest BCUT2D eigenvalue weighted by Gasteiger charge is 2.32. The fourth-order valence-corrected chi connectivity index (χ4v) is 5.17. The van der Waals surface area contributed by atoms with Crippen molar-refractivity contribution in [1.29, 1.82) is 0 Å². The summed E-state index contributed by atoms with van der Waals surface area (Å²) < 4.78 is 10.8. The van der Waals surface area contributed by atoms with Crippen LogP contribution in [-0.4, -0.2) is 29.5 Å². The fourth-order valence-electron chi connectivity index (χ4n) is 4.36. The molecule has 0 bridgehead atoms. The molecule has 7 nitrogen and oxygen atoms in total. The summed E-state index contributed by atoms with van der Waals surface area (Å²) in [5, 5.41) is 3.47. The molecular formula is C29H27N3O4S. The van der Waals surface area contributed by atoms with E-state index in [4.69, 9.17) is 9.47 Å². The number of hydrogen-bond donors (Lipinski definition) is 1. The van der Waals surface area contributed by atoms with Crippen molar-refractivity contribution in [2.24, 2.45) is 4.99 Å². The molecule has 8 heteroatoms. The molecule has 1 N–H and O–H groups in total. The molecule has 3 aromatic carbocycles. The number of nitrogens with zero attached hydrogens (tertiary/aromatic N) is 2. The SMILES string of the molecule is Cc1ccc(N2C(=O)/C(=C\c3ccc4c(c3)OCO4)N=C2SCC(=O)Nc2c(C)cc(C)cc2C)cc1. The molecule has 2 aliphatic heterocycles. The van der Waals surface area contributed by atoms with E-state index in [0.717, 1.165) is 33.5 Å². The molecule has 0 radical (unpaired) electrons. The smallest absolute Gasteiger partial charge is 0.283 e. The molecule has 0 atom stereocenters. The van der Waals surface area contributed by atoms with Crippen molar-refractivity contribution in [3.63, 3.8) is 0 Å². The fraction of sp³-hybridized carbons (Fsp3) is 0.207. The predicted octanol–water partition coefficient (Wildman–Crippen LogP) is 5.76. The van der Waals surface area contributed by atoms with Crippen LogP contribution in [0.1, 0.15) is 27.8 Å². The molecule has 5 rings (SSSR count). The summed E-state index contributed by atoms with van der Waals surface area (Å²) in [6, 6.07) is 17.2. The van der Waals surface area contributed by atoms with Crippen LogP contribution >= 0.6 is 11.8 Å². The largest absolute Gasteiger partial charge is 0.454 e. The Kier molecular flexibility index (Phi) is 6.76. The summed E-state index contributed by atoms with van der Waals surface area (Å²) in [4.78, 5) is 32.5. The molecule has 37 heavy (non-hydrogen) atoms. The van der Waals surface area contributed by atoms with Gasteiger partial charge >= 0.3 is 0 Å². The Bertz CT molecular complexity index is 1440. The van der Waals surface area contributed by atoms with Gasteiger partial charge in [0.15, 0.2) is 16.7 Å². The van der Waals surface area contributed by atoms with Gasteiger partial charge in [-0.3, -0.25) is 14.5 Å². The monoisotopic (exact) mass is 513 g/mol. The molecule has 2 heterocycles. The van der Waals surface area contributed by atoms with Gasteiger partial charge in [0.2, 0.25) is 12.7 Å². The number of thioether (sulfide) groups is 1. The van der Waals surface area contributed by atoms with Crippen molar-refractivity contribution >= 4 is 46.2 Å². The lowest BCUT2D eigenvalue weighted by Gasteiger charge is -2.18. The standard InChI is InChI=1S/C29H27N3O4S/c1-17-5-8-22(9-6-17)32-28(34)23(13-21-7-10-24-25(14-21)36-16-35-24)30-29(32)37-15-26(33)31-27-19(3)11-18(2)12-20(27)4/h5-14H,15-16H2,1-4H3,(H,31,33)/b23-13+. The zero-order valence-electron chi connectivity index (χ0n) is 21.1.